The van der Waals surface area contributed by atoms with Gasteiger partial charge in [-0.1, -0.05) is 6.92 Å². The number of fused-ring (bicyclic) bond motifs is 1. The Kier molecular flexibility index (Phi) is 3.40. The van der Waals surface area contributed by atoms with Gasteiger partial charge in [0.1, 0.15) is 12.3 Å². The summed E-state index contributed by atoms with van der Waals surface area (Å²) in [6, 6.07) is 0. The molecule has 7 nitrogen and oxygen atoms in total. The molecule has 0 saturated carbocycles. The SMILES string of the molecule is CCc1ncc(S(=O)(=O)N2CCOc3c2c(C)nn3C)s1. The molecule has 114 valence electrons. The summed E-state index contributed by atoms with van der Waals surface area (Å²) in [6.45, 7) is 4.32. The molecule has 1 aliphatic heterocycles. The lowest BCUT2D eigenvalue weighted by molar-refractivity contribution is 0.289. The number of sulfonamides is 1. The average molecular weight is 328 g/mol. The van der Waals surface area contributed by atoms with Crippen molar-refractivity contribution in [2.45, 2.75) is 24.5 Å². The van der Waals surface area contributed by atoms with E-state index in [2.05, 4.69) is 10.1 Å². The van der Waals surface area contributed by atoms with Gasteiger partial charge in [-0.2, -0.15) is 5.10 Å². The second kappa shape index (κ2) is 4.99. The van der Waals surface area contributed by atoms with Gasteiger partial charge in [-0.15, -0.1) is 11.3 Å². The predicted octanol–water partition coefficient (Wildman–Crippen LogP) is 1.34. The molecule has 2 aromatic heterocycles. The van der Waals surface area contributed by atoms with E-state index in [1.807, 2.05) is 6.92 Å². The molecule has 0 spiro atoms. The third-order valence-electron chi connectivity index (χ3n) is 3.30. The van der Waals surface area contributed by atoms with Gasteiger partial charge < -0.3 is 4.74 Å². The van der Waals surface area contributed by atoms with Crippen LogP contribution < -0.4 is 9.04 Å². The summed E-state index contributed by atoms with van der Waals surface area (Å²) >= 11 is 1.21. The molecule has 3 rings (SSSR count). The maximum atomic E-state index is 12.8. The van der Waals surface area contributed by atoms with Crippen molar-refractivity contribution >= 4 is 27.0 Å². The molecule has 0 bridgehead atoms. The Bertz CT molecular complexity index is 779. The van der Waals surface area contributed by atoms with Crippen LogP contribution in [0.4, 0.5) is 5.69 Å². The number of anilines is 1. The average Bonchev–Trinajstić information content (AvgIpc) is 3.05. The van der Waals surface area contributed by atoms with Crippen molar-refractivity contribution in [2.75, 3.05) is 17.5 Å². The summed E-state index contributed by atoms with van der Waals surface area (Å²) in [5.41, 5.74) is 1.16. The molecule has 0 N–H and O–H groups in total. The number of thiazole rings is 1. The van der Waals surface area contributed by atoms with Crippen LogP contribution in [0.1, 0.15) is 17.6 Å². The van der Waals surface area contributed by atoms with Gasteiger partial charge >= 0.3 is 0 Å². The second-order valence-electron chi connectivity index (χ2n) is 4.72. The Labute approximate surface area is 127 Å². The van der Waals surface area contributed by atoms with Crippen LogP contribution in [-0.4, -0.2) is 36.3 Å². The van der Waals surface area contributed by atoms with E-state index in [4.69, 9.17) is 4.74 Å². The van der Waals surface area contributed by atoms with Crippen LogP contribution in [0.5, 0.6) is 5.88 Å². The number of hydrogen-bond acceptors (Lipinski definition) is 6. The zero-order chi connectivity index (χ0) is 15.2. The molecule has 0 saturated heterocycles. The van der Waals surface area contributed by atoms with E-state index in [-0.39, 0.29) is 10.8 Å². The fourth-order valence-electron chi connectivity index (χ4n) is 2.34. The molecule has 0 aliphatic carbocycles. The van der Waals surface area contributed by atoms with Crippen LogP contribution in [0.15, 0.2) is 10.4 Å². The van der Waals surface area contributed by atoms with Crippen LogP contribution >= 0.6 is 11.3 Å². The number of hydrogen-bond donors (Lipinski definition) is 0. The highest BCUT2D eigenvalue weighted by atomic mass is 32.2. The molecule has 2 aromatic rings. The van der Waals surface area contributed by atoms with Crippen LogP contribution in [0, 0.1) is 6.92 Å². The standard InChI is InChI=1S/C12H16N4O3S2/c1-4-9-13-7-10(20-9)21(17,18)16-5-6-19-12-11(16)8(2)14-15(12)3/h7H,4-6H2,1-3H3. The van der Waals surface area contributed by atoms with Gasteiger partial charge in [-0.3, -0.25) is 4.31 Å². The van der Waals surface area contributed by atoms with Crippen molar-refractivity contribution in [3.05, 3.63) is 16.9 Å². The summed E-state index contributed by atoms with van der Waals surface area (Å²) < 4.78 is 34.4. The third kappa shape index (κ3) is 2.20. The van der Waals surface area contributed by atoms with Gasteiger partial charge in [0.15, 0.2) is 4.21 Å². The van der Waals surface area contributed by atoms with E-state index in [0.717, 1.165) is 11.4 Å². The van der Waals surface area contributed by atoms with Gasteiger partial charge in [-0.25, -0.2) is 18.1 Å². The van der Waals surface area contributed by atoms with E-state index in [9.17, 15) is 8.42 Å². The zero-order valence-electron chi connectivity index (χ0n) is 12.0. The Morgan fingerprint density at radius 1 is 1.48 bits per heavy atom. The monoisotopic (exact) mass is 328 g/mol. The van der Waals surface area contributed by atoms with Gasteiger partial charge in [-0.05, 0) is 13.3 Å². The van der Waals surface area contributed by atoms with E-state index >= 15 is 0 Å². The van der Waals surface area contributed by atoms with Gasteiger partial charge in [0, 0.05) is 7.05 Å². The Morgan fingerprint density at radius 3 is 2.90 bits per heavy atom. The lowest BCUT2D eigenvalue weighted by Crippen LogP contribution is -2.37. The molecule has 9 heteroatoms. The highest BCUT2D eigenvalue weighted by Crippen LogP contribution is 2.38. The number of aryl methyl sites for hydroxylation is 3. The lowest BCUT2D eigenvalue weighted by atomic mass is 10.3. The first-order valence-electron chi connectivity index (χ1n) is 6.59. The zero-order valence-corrected chi connectivity index (χ0v) is 13.7. The maximum absolute atomic E-state index is 12.8. The first-order valence-corrected chi connectivity index (χ1v) is 8.84. The topological polar surface area (TPSA) is 77.3 Å². The van der Waals surface area contributed by atoms with Gasteiger partial charge in [0.25, 0.3) is 10.0 Å². The number of ether oxygens (including phenoxy) is 1. The normalized spacial score (nSPS) is 14.9. The Morgan fingerprint density at radius 2 is 2.24 bits per heavy atom. The summed E-state index contributed by atoms with van der Waals surface area (Å²) in [5, 5.41) is 5.05. The third-order valence-corrected chi connectivity index (χ3v) is 6.68. The van der Waals surface area contributed by atoms with Gasteiger partial charge in [0.05, 0.1) is 23.4 Å². The first kappa shape index (κ1) is 14.3. The van der Waals surface area contributed by atoms with Crippen molar-refractivity contribution in [3.63, 3.8) is 0 Å². The molecule has 1 aliphatic rings. The molecular weight excluding hydrogens is 312 g/mol. The second-order valence-corrected chi connectivity index (χ2v) is 7.92. The van der Waals surface area contributed by atoms with Crippen LogP contribution in [0.3, 0.4) is 0 Å². The largest absolute Gasteiger partial charge is 0.474 e. The van der Waals surface area contributed by atoms with E-state index in [1.165, 1.54) is 21.8 Å². The van der Waals surface area contributed by atoms with Crippen molar-refractivity contribution in [1.82, 2.24) is 14.8 Å². The van der Waals surface area contributed by atoms with E-state index in [0.29, 0.717) is 23.9 Å². The number of nitrogens with zero attached hydrogens (tertiary/aromatic N) is 4. The molecule has 0 amide bonds. The quantitative estimate of drug-likeness (QED) is 0.849. The number of aromatic nitrogens is 3. The predicted molar refractivity (Wildman–Crippen MR) is 79.5 cm³/mol. The minimum atomic E-state index is -3.62. The highest BCUT2D eigenvalue weighted by molar-refractivity contribution is 7.94. The number of rotatable bonds is 3. The lowest BCUT2D eigenvalue weighted by Gasteiger charge is -2.28. The van der Waals surface area contributed by atoms with E-state index in [1.54, 1.807) is 18.7 Å². The van der Waals surface area contributed by atoms with Crippen molar-refractivity contribution in [3.8, 4) is 5.88 Å². The Hall–Kier alpha value is -1.61. The molecule has 0 radical (unpaired) electrons. The first-order chi connectivity index (χ1) is 9.95. The Balaban J connectivity index is 2.09. The molecule has 3 heterocycles. The molecule has 0 fully saturated rings. The van der Waals surface area contributed by atoms with Crippen LogP contribution in [-0.2, 0) is 23.5 Å². The fraction of sp³-hybridized carbons (Fsp3) is 0.500. The minimum Gasteiger partial charge on any atom is -0.474 e. The van der Waals surface area contributed by atoms with Crippen molar-refractivity contribution in [1.29, 1.82) is 0 Å². The molecule has 21 heavy (non-hydrogen) atoms. The molecular formula is C12H16N4O3S2. The maximum Gasteiger partial charge on any atom is 0.275 e. The summed E-state index contributed by atoms with van der Waals surface area (Å²) in [7, 11) is -1.88. The van der Waals surface area contributed by atoms with Crippen molar-refractivity contribution in [2.24, 2.45) is 7.05 Å². The van der Waals surface area contributed by atoms with Crippen molar-refractivity contribution < 1.29 is 13.2 Å². The minimum absolute atomic E-state index is 0.260. The molecule has 0 unspecified atom stereocenters. The summed E-state index contributed by atoms with van der Waals surface area (Å²) in [6.07, 6.45) is 2.15. The van der Waals surface area contributed by atoms with Gasteiger partial charge in [0.2, 0.25) is 5.88 Å². The molecule has 0 aromatic carbocycles. The van der Waals surface area contributed by atoms with Crippen LogP contribution in [0.25, 0.3) is 0 Å². The molecule has 0 atom stereocenters. The smallest absolute Gasteiger partial charge is 0.275 e. The summed E-state index contributed by atoms with van der Waals surface area (Å²) in [4.78, 5) is 4.14. The van der Waals surface area contributed by atoms with Crippen LogP contribution in [0.2, 0.25) is 0 Å². The van der Waals surface area contributed by atoms with E-state index < -0.39 is 10.0 Å². The highest BCUT2D eigenvalue weighted by Gasteiger charge is 2.35. The summed E-state index contributed by atoms with van der Waals surface area (Å²) in [5.74, 6) is 0.488. The fourth-order valence-corrected chi connectivity index (χ4v) is 5.07.